The fraction of sp³-hybridized carbons (Fsp3) is 0.250. The number of thioether (sulfide) groups is 1. The second kappa shape index (κ2) is 5.71. The van der Waals surface area contributed by atoms with Crippen LogP contribution in [0.3, 0.4) is 0 Å². The predicted octanol–water partition coefficient (Wildman–Crippen LogP) is 5.00. The van der Waals surface area contributed by atoms with Gasteiger partial charge >= 0.3 is 0 Å². The van der Waals surface area contributed by atoms with E-state index in [0.717, 1.165) is 34.4 Å². The Balaban J connectivity index is 1.75. The van der Waals surface area contributed by atoms with E-state index in [-0.39, 0.29) is 5.91 Å². The Labute approximate surface area is 146 Å². The van der Waals surface area contributed by atoms with Crippen molar-refractivity contribution in [2.75, 3.05) is 5.32 Å². The molecular weight excluding hydrogens is 316 g/mol. The largest absolute Gasteiger partial charge is 0.334 e. The minimum atomic E-state index is -0.0405. The molecule has 2 heterocycles. The van der Waals surface area contributed by atoms with Crippen LogP contribution in [0.4, 0.5) is 5.69 Å². The molecule has 3 aromatic rings. The molecule has 1 aliphatic rings. The maximum absolute atomic E-state index is 12.9. The van der Waals surface area contributed by atoms with Crippen LogP contribution in [0.2, 0.25) is 0 Å². The maximum atomic E-state index is 12.9. The average Bonchev–Trinajstić information content (AvgIpc) is 2.86. The minimum Gasteiger partial charge on any atom is -0.334 e. The molecule has 122 valence electrons. The number of aromatic nitrogens is 1. The highest BCUT2D eigenvalue weighted by Crippen LogP contribution is 2.38. The number of carbonyl (C=O) groups excluding carboxylic acids is 1. The van der Waals surface area contributed by atoms with Gasteiger partial charge in [0.15, 0.2) is 0 Å². The minimum absolute atomic E-state index is 0.0405. The molecule has 2 aromatic carbocycles. The zero-order valence-electron chi connectivity index (χ0n) is 14.1. The van der Waals surface area contributed by atoms with Crippen LogP contribution < -0.4 is 5.32 Å². The van der Waals surface area contributed by atoms with Crippen molar-refractivity contribution in [1.29, 1.82) is 0 Å². The number of rotatable bonds is 2. The number of carbonyl (C=O) groups is 1. The number of aryl methyl sites for hydroxylation is 2. The van der Waals surface area contributed by atoms with E-state index in [1.165, 1.54) is 10.4 Å². The molecular formula is C20H20N2OS. The Morgan fingerprint density at radius 2 is 1.92 bits per heavy atom. The molecule has 3 nitrogen and oxygen atoms in total. The Hall–Kier alpha value is -2.20. The van der Waals surface area contributed by atoms with Crippen LogP contribution >= 0.6 is 11.8 Å². The van der Waals surface area contributed by atoms with Gasteiger partial charge in [-0.25, -0.2) is 0 Å². The summed E-state index contributed by atoms with van der Waals surface area (Å²) in [6, 6.07) is 14.4. The second-order valence-corrected chi connectivity index (χ2v) is 8.07. The summed E-state index contributed by atoms with van der Waals surface area (Å²) in [6.45, 7) is 7.16. The first-order valence-corrected chi connectivity index (χ1v) is 9.08. The summed E-state index contributed by atoms with van der Waals surface area (Å²) in [5.41, 5.74) is 5.09. The van der Waals surface area contributed by atoms with Gasteiger partial charge in [-0.05, 0) is 49.2 Å². The Morgan fingerprint density at radius 3 is 2.67 bits per heavy atom. The number of hydrogen-bond acceptors (Lipinski definition) is 2. The number of hydrogen-bond donors (Lipinski definition) is 1. The van der Waals surface area contributed by atoms with Crippen molar-refractivity contribution >= 4 is 34.3 Å². The Kier molecular flexibility index (Phi) is 3.65. The van der Waals surface area contributed by atoms with Gasteiger partial charge in [-0.2, -0.15) is 0 Å². The monoisotopic (exact) mass is 336 g/mol. The smallest absolute Gasteiger partial charge is 0.272 e. The molecule has 0 fully saturated rings. The van der Waals surface area contributed by atoms with Gasteiger partial charge in [0.2, 0.25) is 0 Å². The highest BCUT2D eigenvalue weighted by Gasteiger charge is 2.24. The third kappa shape index (κ3) is 2.61. The molecule has 4 rings (SSSR count). The van der Waals surface area contributed by atoms with Gasteiger partial charge < -0.3 is 9.88 Å². The van der Waals surface area contributed by atoms with Crippen LogP contribution in [0.1, 0.15) is 28.5 Å². The summed E-state index contributed by atoms with van der Waals surface area (Å²) in [5.74, 6) is -0.0405. The molecule has 0 saturated carbocycles. The quantitative estimate of drug-likeness (QED) is 0.714. The number of para-hydroxylation sites is 1. The van der Waals surface area contributed by atoms with E-state index in [1.807, 2.05) is 43.8 Å². The van der Waals surface area contributed by atoms with Crippen LogP contribution in [0, 0.1) is 13.8 Å². The zero-order chi connectivity index (χ0) is 16.8. The van der Waals surface area contributed by atoms with Gasteiger partial charge in [0.1, 0.15) is 5.69 Å². The number of nitrogens with zero attached hydrogens (tertiary/aromatic N) is 1. The first-order chi connectivity index (χ1) is 11.5. The number of anilines is 1. The first-order valence-electron chi connectivity index (χ1n) is 8.20. The number of nitrogens with one attached hydrogen (secondary N) is 1. The standard InChI is InChI=1S/C20H20N2OS/c1-12-7-13(2)9-16(8-12)21-20(23)17-10-15-5-4-6-18-19(15)22(17)11-14(3)24-18/h4-10,14H,11H2,1-3H3,(H,21,23)/t14-/m0/s1. The molecule has 0 bridgehead atoms. The van der Waals surface area contributed by atoms with E-state index in [4.69, 9.17) is 0 Å². The second-order valence-electron chi connectivity index (χ2n) is 6.59. The summed E-state index contributed by atoms with van der Waals surface area (Å²) < 4.78 is 2.17. The molecule has 4 heteroatoms. The van der Waals surface area contributed by atoms with E-state index in [1.54, 1.807) is 0 Å². The lowest BCUT2D eigenvalue weighted by molar-refractivity contribution is 0.101. The lowest BCUT2D eigenvalue weighted by atomic mass is 10.1. The molecule has 1 N–H and O–H groups in total. The molecule has 1 aliphatic heterocycles. The van der Waals surface area contributed by atoms with Crippen molar-refractivity contribution in [3.05, 3.63) is 59.3 Å². The van der Waals surface area contributed by atoms with E-state index >= 15 is 0 Å². The molecule has 0 aliphatic carbocycles. The lowest BCUT2D eigenvalue weighted by Gasteiger charge is -2.22. The normalized spacial score (nSPS) is 16.4. The average molecular weight is 336 g/mol. The predicted molar refractivity (Wildman–Crippen MR) is 101 cm³/mol. The SMILES string of the molecule is Cc1cc(C)cc(NC(=O)c2cc3cccc4c3n2C[C@H](C)S4)c1. The summed E-state index contributed by atoms with van der Waals surface area (Å²) >= 11 is 1.88. The zero-order valence-corrected chi connectivity index (χ0v) is 14.9. The fourth-order valence-corrected chi connectivity index (χ4v) is 4.67. The number of amides is 1. The Bertz CT molecular complexity index is 937. The van der Waals surface area contributed by atoms with E-state index in [9.17, 15) is 4.79 Å². The molecule has 1 atom stereocenters. The van der Waals surface area contributed by atoms with E-state index in [0.29, 0.717) is 5.25 Å². The van der Waals surface area contributed by atoms with Gasteiger partial charge in [-0.15, -0.1) is 11.8 Å². The topological polar surface area (TPSA) is 34.0 Å². The molecule has 0 radical (unpaired) electrons. The van der Waals surface area contributed by atoms with Crippen molar-refractivity contribution in [3.63, 3.8) is 0 Å². The van der Waals surface area contributed by atoms with Crippen LogP contribution in [0.25, 0.3) is 10.9 Å². The van der Waals surface area contributed by atoms with Crippen molar-refractivity contribution in [2.24, 2.45) is 0 Å². The van der Waals surface area contributed by atoms with Gasteiger partial charge in [0, 0.05) is 27.8 Å². The molecule has 0 saturated heterocycles. The fourth-order valence-electron chi connectivity index (χ4n) is 3.52. The van der Waals surface area contributed by atoms with Crippen molar-refractivity contribution in [3.8, 4) is 0 Å². The summed E-state index contributed by atoms with van der Waals surface area (Å²) in [4.78, 5) is 14.2. The van der Waals surface area contributed by atoms with Crippen molar-refractivity contribution in [2.45, 2.75) is 37.5 Å². The molecule has 0 unspecified atom stereocenters. The van der Waals surface area contributed by atoms with Crippen LogP contribution in [0.15, 0.2) is 47.4 Å². The third-order valence-corrected chi connectivity index (χ3v) is 5.50. The van der Waals surface area contributed by atoms with E-state index < -0.39 is 0 Å². The number of benzene rings is 2. The van der Waals surface area contributed by atoms with Gasteiger partial charge in [0.25, 0.3) is 5.91 Å². The third-order valence-electron chi connectivity index (χ3n) is 4.36. The summed E-state index contributed by atoms with van der Waals surface area (Å²) in [7, 11) is 0. The van der Waals surface area contributed by atoms with Crippen LogP contribution in [-0.2, 0) is 6.54 Å². The lowest BCUT2D eigenvalue weighted by Crippen LogP contribution is -2.22. The first kappa shape index (κ1) is 15.3. The maximum Gasteiger partial charge on any atom is 0.272 e. The van der Waals surface area contributed by atoms with Crippen LogP contribution in [-0.4, -0.2) is 15.7 Å². The Morgan fingerprint density at radius 1 is 1.17 bits per heavy atom. The highest BCUT2D eigenvalue weighted by molar-refractivity contribution is 8.00. The molecule has 24 heavy (non-hydrogen) atoms. The van der Waals surface area contributed by atoms with E-state index in [2.05, 4.69) is 41.1 Å². The summed E-state index contributed by atoms with van der Waals surface area (Å²) in [5, 5.41) is 4.67. The van der Waals surface area contributed by atoms with Gasteiger partial charge in [0.05, 0.1) is 5.52 Å². The summed E-state index contributed by atoms with van der Waals surface area (Å²) in [6.07, 6.45) is 0. The van der Waals surface area contributed by atoms with Gasteiger partial charge in [-0.3, -0.25) is 4.79 Å². The molecule has 1 amide bonds. The van der Waals surface area contributed by atoms with Crippen molar-refractivity contribution < 1.29 is 4.79 Å². The molecule has 1 aromatic heterocycles. The van der Waals surface area contributed by atoms with Crippen molar-refractivity contribution in [1.82, 2.24) is 4.57 Å². The molecule has 0 spiro atoms. The highest BCUT2D eigenvalue weighted by atomic mass is 32.2. The van der Waals surface area contributed by atoms with Gasteiger partial charge in [-0.1, -0.05) is 25.1 Å². The van der Waals surface area contributed by atoms with Crippen LogP contribution in [0.5, 0.6) is 0 Å².